The zero-order valence-electron chi connectivity index (χ0n) is 17.5. The first kappa shape index (κ1) is 22.0. The van der Waals surface area contributed by atoms with E-state index in [4.69, 9.17) is 14.7 Å². The van der Waals surface area contributed by atoms with Gasteiger partial charge < -0.3 is 9.47 Å². The van der Waals surface area contributed by atoms with E-state index in [9.17, 15) is 8.78 Å². The van der Waals surface area contributed by atoms with Crippen LogP contribution in [0.5, 0.6) is 5.75 Å². The highest BCUT2D eigenvalue weighted by Crippen LogP contribution is 2.40. The molecule has 0 aromatic heterocycles. The maximum absolute atomic E-state index is 14.0. The van der Waals surface area contributed by atoms with Crippen LogP contribution >= 0.6 is 0 Å². The first-order valence-corrected chi connectivity index (χ1v) is 11.2. The van der Waals surface area contributed by atoms with E-state index in [2.05, 4.69) is 6.92 Å². The Kier molecular flexibility index (Phi) is 8.29. The maximum atomic E-state index is 14.0. The molecule has 0 bridgehead atoms. The van der Waals surface area contributed by atoms with Gasteiger partial charge in [-0.1, -0.05) is 13.3 Å². The Bertz CT molecular complexity index is 687. The zero-order valence-corrected chi connectivity index (χ0v) is 17.5. The quantitative estimate of drug-likeness (QED) is 0.470. The molecule has 2 aliphatic rings. The summed E-state index contributed by atoms with van der Waals surface area (Å²) < 4.78 is 39.2. The molecule has 0 atom stereocenters. The number of benzene rings is 1. The van der Waals surface area contributed by atoms with E-state index in [0.717, 1.165) is 37.7 Å². The summed E-state index contributed by atoms with van der Waals surface area (Å²) in [6, 6.07) is 4.26. The molecule has 29 heavy (non-hydrogen) atoms. The lowest BCUT2D eigenvalue weighted by Crippen LogP contribution is -2.29. The van der Waals surface area contributed by atoms with E-state index >= 15 is 0 Å². The second-order valence-electron chi connectivity index (χ2n) is 8.70. The van der Waals surface area contributed by atoms with Gasteiger partial charge in [0.05, 0.1) is 18.3 Å². The van der Waals surface area contributed by atoms with Crippen LogP contribution in [0.25, 0.3) is 0 Å². The molecule has 1 aromatic carbocycles. The molecule has 3 nitrogen and oxygen atoms in total. The van der Waals surface area contributed by atoms with Crippen molar-refractivity contribution in [1.82, 2.24) is 0 Å². The first-order valence-electron chi connectivity index (χ1n) is 11.2. The van der Waals surface area contributed by atoms with E-state index in [1.807, 2.05) is 0 Å². The Morgan fingerprint density at radius 2 is 1.62 bits per heavy atom. The van der Waals surface area contributed by atoms with Crippen molar-refractivity contribution in [3.8, 4) is 11.8 Å². The minimum atomic E-state index is -1.12. The molecular weight excluding hydrogens is 372 g/mol. The van der Waals surface area contributed by atoms with Crippen LogP contribution in [-0.4, -0.2) is 19.3 Å². The standard InChI is InChI=1S/C24H33F2NO2/c1-2-3-14-28-21-11-8-19(9-12-21)18-6-4-17(5-7-18)16-29-22-13-10-20(15-27)23(25)24(22)26/h10,13,17-19,21H,2-9,11-12,14,16H2,1H3. The molecule has 0 amide bonds. The van der Waals surface area contributed by atoms with Crippen molar-refractivity contribution in [2.24, 2.45) is 17.8 Å². The number of hydrogen-bond acceptors (Lipinski definition) is 3. The molecule has 0 N–H and O–H groups in total. The number of nitriles is 1. The smallest absolute Gasteiger partial charge is 0.201 e. The molecule has 0 unspecified atom stereocenters. The molecule has 160 valence electrons. The van der Waals surface area contributed by atoms with Gasteiger partial charge in [0, 0.05) is 6.61 Å². The summed E-state index contributed by atoms with van der Waals surface area (Å²) in [6.07, 6.45) is 12.3. The fourth-order valence-corrected chi connectivity index (χ4v) is 4.88. The number of hydrogen-bond donors (Lipinski definition) is 0. The first-order chi connectivity index (χ1) is 14.1. The van der Waals surface area contributed by atoms with Crippen molar-refractivity contribution >= 4 is 0 Å². The van der Waals surface area contributed by atoms with Crippen LogP contribution < -0.4 is 4.74 Å². The van der Waals surface area contributed by atoms with Gasteiger partial charge in [0.1, 0.15) is 6.07 Å². The van der Waals surface area contributed by atoms with Gasteiger partial charge in [-0.05, 0) is 87.7 Å². The topological polar surface area (TPSA) is 42.2 Å². The average molecular weight is 406 g/mol. The van der Waals surface area contributed by atoms with E-state index in [1.165, 1.54) is 57.1 Å². The van der Waals surface area contributed by atoms with Gasteiger partial charge in [-0.15, -0.1) is 0 Å². The lowest BCUT2D eigenvalue weighted by atomic mass is 9.71. The monoisotopic (exact) mass is 405 g/mol. The van der Waals surface area contributed by atoms with Crippen LogP contribution in [0, 0.1) is 40.7 Å². The molecule has 0 heterocycles. The molecule has 0 aliphatic heterocycles. The van der Waals surface area contributed by atoms with Crippen molar-refractivity contribution in [3.63, 3.8) is 0 Å². The lowest BCUT2D eigenvalue weighted by Gasteiger charge is -2.37. The predicted molar refractivity (Wildman–Crippen MR) is 109 cm³/mol. The molecule has 0 saturated heterocycles. The van der Waals surface area contributed by atoms with Crippen LogP contribution in [-0.2, 0) is 4.74 Å². The summed E-state index contributed by atoms with van der Waals surface area (Å²) in [5.41, 5.74) is -0.291. The van der Waals surface area contributed by atoms with Gasteiger partial charge in [-0.3, -0.25) is 0 Å². The zero-order chi connectivity index (χ0) is 20.6. The third-order valence-corrected chi connectivity index (χ3v) is 6.77. The van der Waals surface area contributed by atoms with E-state index in [-0.39, 0.29) is 11.3 Å². The second-order valence-corrected chi connectivity index (χ2v) is 8.70. The third kappa shape index (κ3) is 5.92. The van der Waals surface area contributed by atoms with E-state index in [0.29, 0.717) is 18.6 Å². The van der Waals surface area contributed by atoms with Gasteiger partial charge in [0.25, 0.3) is 0 Å². The predicted octanol–water partition coefficient (Wildman–Crippen LogP) is 6.40. The van der Waals surface area contributed by atoms with Crippen LogP contribution in [0.1, 0.15) is 76.7 Å². The Hall–Kier alpha value is -1.67. The number of ether oxygens (including phenoxy) is 2. The van der Waals surface area contributed by atoms with Gasteiger partial charge in [-0.25, -0.2) is 4.39 Å². The van der Waals surface area contributed by atoms with Crippen molar-refractivity contribution < 1.29 is 18.3 Å². The van der Waals surface area contributed by atoms with Crippen molar-refractivity contribution in [1.29, 1.82) is 5.26 Å². The largest absolute Gasteiger partial charge is 0.490 e. The fourth-order valence-electron chi connectivity index (χ4n) is 4.88. The number of halogens is 2. The van der Waals surface area contributed by atoms with Crippen molar-refractivity contribution in [2.45, 2.75) is 77.2 Å². The lowest BCUT2D eigenvalue weighted by molar-refractivity contribution is 0.00517. The summed E-state index contributed by atoms with van der Waals surface area (Å²) in [5, 5.41) is 8.76. The Morgan fingerprint density at radius 1 is 0.966 bits per heavy atom. The molecule has 0 radical (unpaired) electrons. The SMILES string of the molecule is CCCCOC1CCC(C2CCC(COc3ccc(C#N)c(F)c3F)CC2)CC1. The number of rotatable bonds is 8. The molecule has 1 aromatic rings. The van der Waals surface area contributed by atoms with Gasteiger partial charge >= 0.3 is 0 Å². The molecule has 2 aliphatic carbocycles. The van der Waals surface area contributed by atoms with Crippen molar-refractivity contribution in [3.05, 3.63) is 29.3 Å². The maximum Gasteiger partial charge on any atom is 0.201 e. The van der Waals surface area contributed by atoms with Crippen LogP contribution in [0.15, 0.2) is 12.1 Å². The minimum Gasteiger partial charge on any atom is -0.490 e. The van der Waals surface area contributed by atoms with E-state index in [1.54, 1.807) is 6.07 Å². The highest BCUT2D eigenvalue weighted by atomic mass is 19.2. The molecular formula is C24H33F2NO2. The van der Waals surface area contributed by atoms with Gasteiger partial charge in [-0.2, -0.15) is 9.65 Å². The highest BCUT2D eigenvalue weighted by molar-refractivity contribution is 5.37. The normalized spacial score (nSPS) is 27.4. The summed E-state index contributed by atoms with van der Waals surface area (Å²) in [6.45, 7) is 3.51. The summed E-state index contributed by atoms with van der Waals surface area (Å²) in [4.78, 5) is 0. The van der Waals surface area contributed by atoms with Crippen LogP contribution in [0.4, 0.5) is 8.78 Å². The average Bonchev–Trinajstić information content (AvgIpc) is 2.76. The van der Waals surface area contributed by atoms with Crippen molar-refractivity contribution in [2.75, 3.05) is 13.2 Å². The summed E-state index contributed by atoms with van der Waals surface area (Å²) >= 11 is 0. The third-order valence-electron chi connectivity index (χ3n) is 6.77. The molecule has 3 rings (SSSR count). The Morgan fingerprint density at radius 3 is 2.24 bits per heavy atom. The van der Waals surface area contributed by atoms with Gasteiger partial charge in [0.2, 0.25) is 5.82 Å². The molecule has 2 saturated carbocycles. The Labute approximate surface area is 173 Å². The van der Waals surface area contributed by atoms with Gasteiger partial charge in [0.15, 0.2) is 11.6 Å². The summed E-state index contributed by atoms with van der Waals surface area (Å²) in [5.74, 6) is -0.290. The van der Waals surface area contributed by atoms with E-state index < -0.39 is 11.6 Å². The number of nitrogens with zero attached hydrogens (tertiary/aromatic N) is 1. The number of unbranched alkanes of at least 4 members (excludes halogenated alkanes) is 1. The molecule has 0 spiro atoms. The fraction of sp³-hybridized carbons (Fsp3) is 0.708. The second kappa shape index (κ2) is 10.9. The highest BCUT2D eigenvalue weighted by Gasteiger charge is 2.31. The summed E-state index contributed by atoms with van der Waals surface area (Å²) in [7, 11) is 0. The Balaban J connectivity index is 1.38. The molecule has 5 heteroatoms. The molecule has 2 fully saturated rings. The minimum absolute atomic E-state index is 0.0926. The van der Waals surface area contributed by atoms with Crippen LogP contribution in [0.2, 0.25) is 0 Å². The van der Waals surface area contributed by atoms with Crippen LogP contribution in [0.3, 0.4) is 0 Å².